The Hall–Kier alpha value is -1.26. The van der Waals surface area contributed by atoms with Crippen LogP contribution in [-0.2, 0) is 15.9 Å². The summed E-state index contributed by atoms with van der Waals surface area (Å²) in [6, 6.07) is 5.71. The first-order valence-electron chi connectivity index (χ1n) is 5.74. The minimum absolute atomic E-state index is 0.0701. The van der Waals surface area contributed by atoms with Crippen LogP contribution in [0.2, 0.25) is 0 Å². The summed E-state index contributed by atoms with van der Waals surface area (Å²) in [5.41, 5.74) is 7.77. The number of hydrogen-bond donors (Lipinski definition) is 1. The maximum atomic E-state index is 5.97. The van der Waals surface area contributed by atoms with Crippen molar-refractivity contribution in [3.8, 4) is 5.75 Å². The lowest BCUT2D eigenvalue weighted by Crippen LogP contribution is -2.22. The molecule has 0 aromatic heterocycles. The molecule has 1 aromatic carbocycles. The van der Waals surface area contributed by atoms with E-state index in [1.807, 2.05) is 32.0 Å². The smallest absolute Gasteiger partial charge is 0.163 e. The molecule has 0 aliphatic carbocycles. The second-order valence-corrected chi connectivity index (χ2v) is 4.72. The van der Waals surface area contributed by atoms with Gasteiger partial charge in [-0.3, -0.25) is 0 Å². The Morgan fingerprint density at radius 1 is 1.47 bits per heavy atom. The topological polar surface area (TPSA) is 53.7 Å². The molecule has 0 radical (unpaired) electrons. The van der Waals surface area contributed by atoms with Crippen molar-refractivity contribution in [2.75, 3.05) is 19.5 Å². The van der Waals surface area contributed by atoms with E-state index >= 15 is 0 Å². The molecule has 94 valence electrons. The highest BCUT2D eigenvalue weighted by molar-refractivity contribution is 5.51. The minimum Gasteiger partial charge on any atom is -0.497 e. The monoisotopic (exact) mass is 237 g/mol. The lowest BCUT2D eigenvalue weighted by atomic mass is 10.1. The molecule has 2 N–H and O–H groups in total. The Balaban J connectivity index is 2.04. The summed E-state index contributed by atoms with van der Waals surface area (Å²) in [4.78, 5) is 0. The zero-order valence-corrected chi connectivity index (χ0v) is 10.5. The van der Waals surface area contributed by atoms with Crippen molar-refractivity contribution in [1.82, 2.24) is 0 Å². The number of nitrogen functional groups attached to an aromatic ring is 1. The summed E-state index contributed by atoms with van der Waals surface area (Å²) in [5.74, 6) is 0.293. The molecule has 0 bridgehead atoms. The Morgan fingerprint density at radius 3 is 2.76 bits per heavy atom. The molecule has 4 nitrogen and oxygen atoms in total. The van der Waals surface area contributed by atoms with Gasteiger partial charge in [-0.15, -0.1) is 0 Å². The average molecular weight is 237 g/mol. The van der Waals surface area contributed by atoms with Crippen LogP contribution in [0.1, 0.15) is 19.4 Å². The van der Waals surface area contributed by atoms with Gasteiger partial charge in [0.25, 0.3) is 0 Å². The number of nitrogens with two attached hydrogens (primary N) is 1. The van der Waals surface area contributed by atoms with E-state index in [-0.39, 0.29) is 6.10 Å². The lowest BCUT2D eigenvalue weighted by Gasteiger charge is -2.17. The SMILES string of the molecule is COc1ccc(C[C@@H]2COC(C)(C)O2)c(N)c1. The van der Waals surface area contributed by atoms with Crippen LogP contribution in [0.4, 0.5) is 5.69 Å². The number of benzene rings is 1. The van der Waals surface area contributed by atoms with Crippen molar-refractivity contribution in [3.63, 3.8) is 0 Å². The molecule has 17 heavy (non-hydrogen) atoms. The van der Waals surface area contributed by atoms with Gasteiger partial charge in [0.15, 0.2) is 5.79 Å². The molecule has 0 spiro atoms. The van der Waals surface area contributed by atoms with Gasteiger partial charge in [-0.2, -0.15) is 0 Å². The van der Waals surface area contributed by atoms with E-state index in [1.54, 1.807) is 7.11 Å². The minimum atomic E-state index is -0.480. The van der Waals surface area contributed by atoms with E-state index in [9.17, 15) is 0 Å². The quantitative estimate of drug-likeness (QED) is 0.817. The Labute approximate surface area is 102 Å². The normalized spacial score (nSPS) is 22.6. The van der Waals surface area contributed by atoms with Gasteiger partial charge in [0.2, 0.25) is 0 Å². The summed E-state index contributed by atoms with van der Waals surface area (Å²) in [6.07, 6.45) is 0.833. The van der Waals surface area contributed by atoms with Crippen LogP contribution >= 0.6 is 0 Å². The highest BCUT2D eigenvalue weighted by atomic mass is 16.7. The third kappa shape index (κ3) is 2.90. The van der Waals surface area contributed by atoms with E-state index in [4.69, 9.17) is 19.9 Å². The van der Waals surface area contributed by atoms with Crippen LogP contribution in [0.3, 0.4) is 0 Å². The molecular weight excluding hydrogens is 218 g/mol. The molecule has 1 atom stereocenters. The van der Waals surface area contributed by atoms with Crippen LogP contribution in [-0.4, -0.2) is 25.6 Å². The first kappa shape index (κ1) is 12.2. The number of methoxy groups -OCH3 is 1. The van der Waals surface area contributed by atoms with Gasteiger partial charge in [-0.05, 0) is 25.5 Å². The fourth-order valence-corrected chi connectivity index (χ4v) is 1.99. The predicted molar refractivity (Wildman–Crippen MR) is 66.0 cm³/mol. The highest BCUT2D eigenvalue weighted by Crippen LogP contribution is 2.27. The third-order valence-electron chi connectivity index (χ3n) is 2.87. The summed E-state index contributed by atoms with van der Waals surface area (Å²) in [7, 11) is 1.63. The number of rotatable bonds is 3. The molecule has 0 unspecified atom stereocenters. The summed E-state index contributed by atoms with van der Waals surface area (Å²) in [6.45, 7) is 4.45. The first-order chi connectivity index (χ1) is 8.00. The van der Waals surface area contributed by atoms with Crippen LogP contribution in [0.5, 0.6) is 5.75 Å². The van der Waals surface area contributed by atoms with Gasteiger partial charge >= 0.3 is 0 Å². The highest BCUT2D eigenvalue weighted by Gasteiger charge is 2.32. The molecule has 1 aliphatic heterocycles. The van der Waals surface area contributed by atoms with Crippen molar-refractivity contribution in [2.45, 2.75) is 32.2 Å². The van der Waals surface area contributed by atoms with Crippen LogP contribution < -0.4 is 10.5 Å². The zero-order chi connectivity index (χ0) is 12.5. The van der Waals surface area contributed by atoms with Crippen LogP contribution in [0.15, 0.2) is 18.2 Å². The number of hydrogen-bond acceptors (Lipinski definition) is 4. The second kappa shape index (κ2) is 4.55. The fourth-order valence-electron chi connectivity index (χ4n) is 1.99. The van der Waals surface area contributed by atoms with E-state index in [0.29, 0.717) is 6.61 Å². The van der Waals surface area contributed by atoms with E-state index in [1.165, 1.54) is 0 Å². The molecule has 1 saturated heterocycles. The fraction of sp³-hybridized carbons (Fsp3) is 0.538. The standard InChI is InChI=1S/C13H19NO3/c1-13(2)16-8-11(17-13)6-9-4-5-10(15-3)7-12(9)14/h4-5,7,11H,6,8,14H2,1-3H3/t11-/m1/s1. The zero-order valence-electron chi connectivity index (χ0n) is 10.5. The van der Waals surface area contributed by atoms with Gasteiger partial charge in [-0.25, -0.2) is 0 Å². The van der Waals surface area contributed by atoms with Crippen molar-refractivity contribution in [1.29, 1.82) is 0 Å². The van der Waals surface area contributed by atoms with Gasteiger partial charge in [0.1, 0.15) is 5.75 Å². The lowest BCUT2D eigenvalue weighted by molar-refractivity contribution is -0.138. The Bertz CT molecular complexity index is 404. The summed E-state index contributed by atoms with van der Waals surface area (Å²) < 4.78 is 16.4. The average Bonchev–Trinajstić information content (AvgIpc) is 2.61. The van der Waals surface area contributed by atoms with E-state index in [2.05, 4.69) is 0 Å². The third-order valence-corrected chi connectivity index (χ3v) is 2.87. The Kier molecular flexibility index (Phi) is 3.26. The van der Waals surface area contributed by atoms with Gasteiger partial charge in [-0.1, -0.05) is 6.07 Å². The largest absolute Gasteiger partial charge is 0.497 e. The molecule has 1 aliphatic rings. The van der Waals surface area contributed by atoms with Crippen molar-refractivity contribution in [3.05, 3.63) is 23.8 Å². The van der Waals surface area contributed by atoms with Crippen molar-refractivity contribution >= 4 is 5.69 Å². The molecule has 2 rings (SSSR count). The molecular formula is C13H19NO3. The number of anilines is 1. The van der Waals surface area contributed by atoms with E-state index < -0.39 is 5.79 Å². The van der Waals surface area contributed by atoms with Crippen molar-refractivity contribution < 1.29 is 14.2 Å². The summed E-state index contributed by atoms with van der Waals surface area (Å²) >= 11 is 0. The van der Waals surface area contributed by atoms with Gasteiger partial charge < -0.3 is 19.9 Å². The molecule has 0 amide bonds. The van der Waals surface area contributed by atoms with Crippen LogP contribution in [0, 0.1) is 0 Å². The first-order valence-corrected chi connectivity index (χ1v) is 5.74. The van der Waals surface area contributed by atoms with Gasteiger partial charge in [0.05, 0.1) is 19.8 Å². The maximum Gasteiger partial charge on any atom is 0.163 e. The predicted octanol–water partition coefficient (Wildman–Crippen LogP) is 1.97. The molecule has 1 heterocycles. The molecule has 1 fully saturated rings. The summed E-state index contributed by atoms with van der Waals surface area (Å²) in [5, 5.41) is 0. The van der Waals surface area contributed by atoms with Crippen molar-refractivity contribution in [2.24, 2.45) is 0 Å². The van der Waals surface area contributed by atoms with Crippen LogP contribution in [0.25, 0.3) is 0 Å². The number of ether oxygens (including phenoxy) is 3. The maximum absolute atomic E-state index is 5.97. The molecule has 0 saturated carbocycles. The molecule has 4 heteroatoms. The van der Waals surface area contributed by atoms with E-state index in [0.717, 1.165) is 23.4 Å². The Morgan fingerprint density at radius 2 is 2.24 bits per heavy atom. The van der Waals surface area contributed by atoms with Gasteiger partial charge in [0, 0.05) is 18.2 Å². The second-order valence-electron chi connectivity index (χ2n) is 4.72. The molecule has 1 aromatic rings.